The van der Waals surface area contributed by atoms with Crippen LogP contribution in [0.3, 0.4) is 0 Å². The molecule has 0 radical (unpaired) electrons. The maximum absolute atomic E-state index is 14.4. The molecule has 1 N–H and O–H groups in total. The summed E-state index contributed by atoms with van der Waals surface area (Å²) in [6.45, 7) is 1.68. The molecule has 9 heteroatoms. The molecule has 6 nitrogen and oxygen atoms in total. The number of halogens is 2. The molecule has 0 bridgehead atoms. The molecule has 3 rings (SSSR count). The molecule has 1 aliphatic heterocycles. The predicted octanol–water partition coefficient (Wildman–Crippen LogP) is 3.69. The quantitative estimate of drug-likeness (QED) is 0.826. The monoisotopic (exact) mass is 403 g/mol. The lowest BCUT2D eigenvalue weighted by Gasteiger charge is -2.14. The van der Waals surface area contributed by atoms with Gasteiger partial charge >= 0.3 is 6.09 Å². The number of ether oxygens (including phenoxy) is 1. The SMILES string of the molecule is CC(=O)NC[C@H]1CN(c2ccc(/C=C(\F)c3csc(C#N)c3)c(F)c2)C(=O)O1. The van der Waals surface area contributed by atoms with Gasteiger partial charge in [0.2, 0.25) is 5.91 Å². The van der Waals surface area contributed by atoms with Crippen molar-refractivity contribution in [1.29, 1.82) is 5.26 Å². The van der Waals surface area contributed by atoms with Crippen LogP contribution in [0.5, 0.6) is 0 Å². The van der Waals surface area contributed by atoms with Crippen LogP contribution in [0.4, 0.5) is 19.3 Å². The second-order valence-corrected chi connectivity index (χ2v) is 6.97. The van der Waals surface area contributed by atoms with Crippen LogP contribution in [0.1, 0.15) is 22.9 Å². The number of amides is 2. The van der Waals surface area contributed by atoms with Crippen molar-refractivity contribution in [2.45, 2.75) is 13.0 Å². The summed E-state index contributed by atoms with van der Waals surface area (Å²) in [7, 11) is 0. The average Bonchev–Trinajstić information content (AvgIpc) is 3.28. The third kappa shape index (κ3) is 4.35. The largest absolute Gasteiger partial charge is 0.442 e. The number of thiophene rings is 1. The second-order valence-electron chi connectivity index (χ2n) is 6.06. The van der Waals surface area contributed by atoms with Gasteiger partial charge in [0.15, 0.2) is 0 Å². The highest BCUT2D eigenvalue weighted by molar-refractivity contribution is 7.10. The summed E-state index contributed by atoms with van der Waals surface area (Å²) in [4.78, 5) is 24.6. The van der Waals surface area contributed by atoms with Crippen LogP contribution < -0.4 is 10.2 Å². The molecular formula is C19H15F2N3O3S. The Labute approximate surface area is 163 Å². The van der Waals surface area contributed by atoms with E-state index >= 15 is 0 Å². The fraction of sp³-hybridized carbons (Fsp3) is 0.211. The molecular weight excluding hydrogens is 388 g/mol. The third-order valence-electron chi connectivity index (χ3n) is 4.02. The van der Waals surface area contributed by atoms with Crippen molar-refractivity contribution in [2.24, 2.45) is 0 Å². The van der Waals surface area contributed by atoms with Gasteiger partial charge in [-0.1, -0.05) is 0 Å². The van der Waals surface area contributed by atoms with Crippen molar-refractivity contribution in [3.05, 3.63) is 51.5 Å². The van der Waals surface area contributed by atoms with Crippen LogP contribution in [-0.4, -0.2) is 31.2 Å². The molecule has 2 heterocycles. The number of nitriles is 1. The van der Waals surface area contributed by atoms with Crippen molar-refractivity contribution in [1.82, 2.24) is 5.32 Å². The number of benzene rings is 1. The first-order valence-corrected chi connectivity index (χ1v) is 9.13. The highest BCUT2D eigenvalue weighted by atomic mass is 32.1. The summed E-state index contributed by atoms with van der Waals surface area (Å²) in [5, 5.41) is 12.8. The predicted molar refractivity (Wildman–Crippen MR) is 101 cm³/mol. The van der Waals surface area contributed by atoms with E-state index in [2.05, 4.69) is 5.32 Å². The summed E-state index contributed by atoms with van der Waals surface area (Å²) >= 11 is 1.10. The topological polar surface area (TPSA) is 82.4 Å². The minimum atomic E-state index is -0.707. The maximum Gasteiger partial charge on any atom is 0.414 e. The molecule has 0 unspecified atom stereocenters. The minimum Gasteiger partial charge on any atom is -0.442 e. The Bertz CT molecular complexity index is 997. The van der Waals surface area contributed by atoms with Gasteiger partial charge in [-0.3, -0.25) is 9.69 Å². The number of rotatable bonds is 5. The van der Waals surface area contributed by atoms with Gasteiger partial charge in [0.05, 0.1) is 18.8 Å². The standard InChI is InChI=1S/C19H15F2N3O3S/c1-11(25)23-8-15-9-24(19(26)27-15)14-3-2-12(18(21)6-14)5-17(20)13-4-16(7-22)28-10-13/h2-6,10,15H,8-9H2,1H3,(H,23,25)/b17-5-/t15-/m0/s1. The second kappa shape index (κ2) is 8.19. The zero-order chi connectivity index (χ0) is 20.3. The number of carbonyl (C=O) groups excluding carboxylic acids is 2. The van der Waals surface area contributed by atoms with Crippen molar-refractivity contribution < 1.29 is 23.1 Å². The molecule has 28 heavy (non-hydrogen) atoms. The molecule has 2 aromatic rings. The molecule has 0 saturated carbocycles. The molecule has 1 fully saturated rings. The molecule has 1 atom stereocenters. The number of hydrogen-bond acceptors (Lipinski definition) is 5. The number of carbonyl (C=O) groups is 2. The molecule has 144 valence electrons. The van der Waals surface area contributed by atoms with E-state index in [4.69, 9.17) is 10.00 Å². The highest BCUT2D eigenvalue weighted by Gasteiger charge is 2.32. The summed E-state index contributed by atoms with van der Waals surface area (Å²) in [5.41, 5.74) is 0.481. The Balaban J connectivity index is 1.75. The smallest absolute Gasteiger partial charge is 0.414 e. The molecule has 0 spiro atoms. The first-order chi connectivity index (χ1) is 13.4. The Hall–Kier alpha value is -3.25. The Morgan fingerprint density at radius 3 is 2.93 bits per heavy atom. The van der Waals surface area contributed by atoms with E-state index in [9.17, 15) is 18.4 Å². The Morgan fingerprint density at radius 2 is 2.29 bits per heavy atom. The summed E-state index contributed by atoms with van der Waals surface area (Å²) < 4.78 is 33.9. The third-order valence-corrected chi connectivity index (χ3v) is 4.85. The van der Waals surface area contributed by atoms with Crippen molar-refractivity contribution in [2.75, 3.05) is 18.0 Å². The number of anilines is 1. The van der Waals surface area contributed by atoms with Crippen molar-refractivity contribution >= 4 is 40.9 Å². The highest BCUT2D eigenvalue weighted by Crippen LogP contribution is 2.28. The Kier molecular flexibility index (Phi) is 5.70. The van der Waals surface area contributed by atoms with Gasteiger partial charge in [-0.2, -0.15) is 5.26 Å². The Morgan fingerprint density at radius 1 is 1.50 bits per heavy atom. The number of cyclic esters (lactones) is 1. The molecule has 1 saturated heterocycles. The fourth-order valence-corrected chi connectivity index (χ4v) is 3.32. The van der Waals surface area contributed by atoms with E-state index in [-0.39, 0.29) is 35.8 Å². The van der Waals surface area contributed by atoms with Crippen molar-refractivity contribution in [3.63, 3.8) is 0 Å². The van der Waals surface area contributed by atoms with E-state index < -0.39 is 23.8 Å². The number of hydrogen-bond donors (Lipinski definition) is 1. The molecule has 2 amide bonds. The van der Waals surface area contributed by atoms with Gasteiger partial charge in [-0.15, -0.1) is 11.3 Å². The molecule has 1 aromatic carbocycles. The van der Waals surface area contributed by atoms with Gasteiger partial charge < -0.3 is 10.1 Å². The molecule has 1 aliphatic rings. The lowest BCUT2D eigenvalue weighted by Crippen LogP contribution is -2.33. The normalized spacial score (nSPS) is 16.6. The summed E-state index contributed by atoms with van der Waals surface area (Å²) in [5.74, 6) is -1.62. The summed E-state index contributed by atoms with van der Waals surface area (Å²) in [6, 6.07) is 7.27. The lowest BCUT2D eigenvalue weighted by molar-refractivity contribution is -0.119. The van der Waals surface area contributed by atoms with Crippen LogP contribution in [0.15, 0.2) is 29.6 Å². The summed E-state index contributed by atoms with van der Waals surface area (Å²) in [6.07, 6.45) is -0.152. The average molecular weight is 403 g/mol. The first-order valence-electron chi connectivity index (χ1n) is 8.25. The van der Waals surface area contributed by atoms with Crippen LogP contribution in [0.2, 0.25) is 0 Å². The minimum absolute atomic E-state index is 0.00770. The zero-order valence-electron chi connectivity index (χ0n) is 14.7. The van der Waals surface area contributed by atoms with Gasteiger partial charge in [-0.05, 0) is 30.3 Å². The number of nitrogens with one attached hydrogen (secondary N) is 1. The number of nitrogens with zero attached hydrogens (tertiary/aromatic N) is 2. The molecule has 0 aliphatic carbocycles. The van der Waals surface area contributed by atoms with Gasteiger partial charge in [0, 0.05) is 23.4 Å². The van der Waals surface area contributed by atoms with Crippen LogP contribution in [-0.2, 0) is 9.53 Å². The van der Waals surface area contributed by atoms with Gasteiger partial charge in [0.25, 0.3) is 0 Å². The van der Waals surface area contributed by atoms with Crippen LogP contribution in [0.25, 0.3) is 11.9 Å². The van der Waals surface area contributed by atoms with Crippen molar-refractivity contribution in [3.8, 4) is 6.07 Å². The van der Waals surface area contributed by atoms with E-state index in [1.54, 1.807) is 0 Å². The van der Waals surface area contributed by atoms with Gasteiger partial charge in [0.1, 0.15) is 28.7 Å². The van der Waals surface area contributed by atoms with Gasteiger partial charge in [-0.25, -0.2) is 13.6 Å². The molecule has 1 aromatic heterocycles. The first kappa shape index (κ1) is 19.5. The fourth-order valence-electron chi connectivity index (χ4n) is 2.64. The van der Waals surface area contributed by atoms with E-state index in [1.807, 2.05) is 6.07 Å². The maximum atomic E-state index is 14.4. The van der Waals surface area contributed by atoms with E-state index in [1.165, 1.54) is 35.4 Å². The van der Waals surface area contributed by atoms with E-state index in [0.717, 1.165) is 23.5 Å². The van der Waals surface area contributed by atoms with Crippen LogP contribution >= 0.6 is 11.3 Å². The zero-order valence-corrected chi connectivity index (χ0v) is 15.6. The van der Waals surface area contributed by atoms with Crippen LogP contribution in [0, 0.1) is 17.1 Å². The van der Waals surface area contributed by atoms with E-state index in [0.29, 0.717) is 4.88 Å². The lowest BCUT2D eigenvalue weighted by atomic mass is 10.1.